The summed E-state index contributed by atoms with van der Waals surface area (Å²) in [4.78, 5) is 38.4. The van der Waals surface area contributed by atoms with Crippen LogP contribution < -0.4 is 0 Å². The Morgan fingerprint density at radius 1 is 0.776 bits per heavy atom. The van der Waals surface area contributed by atoms with Crippen molar-refractivity contribution >= 4 is 17.9 Å². The molecule has 6 rings (SSSR count). The maximum atomic E-state index is 13.2. The number of fused-ring (bicyclic) bond motifs is 5. The van der Waals surface area contributed by atoms with Gasteiger partial charge in [-0.1, -0.05) is 82.7 Å². The lowest BCUT2D eigenvalue weighted by Gasteiger charge is -2.59. The van der Waals surface area contributed by atoms with Gasteiger partial charge in [0.1, 0.15) is 6.10 Å². The number of hydrogen-bond donors (Lipinski definition) is 0. The molecular formula is C43H56O6. The van der Waals surface area contributed by atoms with Gasteiger partial charge in [0.2, 0.25) is 0 Å². The third-order valence-electron chi connectivity index (χ3n) is 13.4. The zero-order valence-electron chi connectivity index (χ0n) is 30.4. The van der Waals surface area contributed by atoms with Crippen LogP contribution in [0.2, 0.25) is 0 Å². The number of allylic oxidation sites excluding steroid dienone is 1. The predicted molar refractivity (Wildman–Crippen MR) is 190 cm³/mol. The van der Waals surface area contributed by atoms with E-state index in [0.717, 1.165) is 25.7 Å². The SMILES string of the molecule is CC(=O)O[C@]1(OC(=O)c2ccccc2)CC[C@@]2(C)C(=CC[C@H]3[C@@H]4CC[C@H]([C@H](C)CC[C@H](OC(=O)c5ccccc5)C(C)C)[C@@]4(C)CC[C@@H]32)C1. The lowest BCUT2D eigenvalue weighted by Crippen LogP contribution is -2.54. The second-order valence-corrected chi connectivity index (χ2v) is 16.5. The largest absolute Gasteiger partial charge is 0.459 e. The van der Waals surface area contributed by atoms with Gasteiger partial charge in [-0.3, -0.25) is 4.79 Å². The molecule has 6 nitrogen and oxygen atoms in total. The standard InChI is InChI=1S/C43H56O6/c1-28(2)38(47-39(45)31-13-9-7-10-14-31)22-17-29(3)35-20-21-36-34-19-18-33-27-43(48-30(4)44,49-40(46)32-15-11-8-12-16-32)26-25-41(33,5)37(34)23-24-42(35,36)6/h7-16,18,28-29,34-38H,17,19-27H2,1-6H3/t29-,34+,35-,36+,37+,38+,41+,42-,43+/m1/s1. The normalized spacial score (nSPS) is 33.2. The number of carbonyl (C=O) groups is 3. The maximum absolute atomic E-state index is 13.2. The Hall–Kier alpha value is -3.41. The molecule has 0 bridgehead atoms. The number of hydrogen-bond acceptors (Lipinski definition) is 6. The van der Waals surface area contributed by atoms with E-state index in [2.05, 4.69) is 40.7 Å². The van der Waals surface area contributed by atoms with Crippen LogP contribution in [0, 0.1) is 46.3 Å². The highest BCUT2D eigenvalue weighted by atomic mass is 16.7. The zero-order chi connectivity index (χ0) is 35.0. The number of benzene rings is 2. The fourth-order valence-corrected chi connectivity index (χ4v) is 10.8. The van der Waals surface area contributed by atoms with Gasteiger partial charge in [0, 0.05) is 19.8 Å². The minimum Gasteiger partial charge on any atom is -0.459 e. The smallest absolute Gasteiger partial charge is 0.341 e. The molecule has 4 aliphatic carbocycles. The summed E-state index contributed by atoms with van der Waals surface area (Å²) in [5.41, 5.74) is 2.68. The Kier molecular flexibility index (Phi) is 10.2. The Bertz CT molecular complexity index is 1530. The van der Waals surface area contributed by atoms with Crippen molar-refractivity contribution in [2.75, 3.05) is 0 Å². The monoisotopic (exact) mass is 668 g/mol. The highest BCUT2D eigenvalue weighted by molar-refractivity contribution is 5.90. The van der Waals surface area contributed by atoms with Gasteiger partial charge < -0.3 is 14.2 Å². The van der Waals surface area contributed by atoms with E-state index in [1.54, 1.807) is 12.1 Å². The van der Waals surface area contributed by atoms with E-state index < -0.39 is 17.7 Å². The first-order chi connectivity index (χ1) is 23.3. The number of rotatable bonds is 10. The molecule has 9 atom stereocenters. The molecule has 2 aromatic carbocycles. The van der Waals surface area contributed by atoms with Crippen molar-refractivity contribution in [3.05, 3.63) is 83.4 Å². The molecule has 6 heteroatoms. The van der Waals surface area contributed by atoms with Crippen LogP contribution in [0.15, 0.2) is 72.3 Å². The third kappa shape index (κ3) is 6.99. The van der Waals surface area contributed by atoms with Gasteiger partial charge in [0.15, 0.2) is 0 Å². The Morgan fingerprint density at radius 3 is 2.06 bits per heavy atom. The van der Waals surface area contributed by atoms with Crippen molar-refractivity contribution in [1.82, 2.24) is 0 Å². The minimum absolute atomic E-state index is 0.00384. The Labute approximate surface area is 293 Å². The van der Waals surface area contributed by atoms with Gasteiger partial charge in [0.25, 0.3) is 5.79 Å². The average Bonchev–Trinajstić information content (AvgIpc) is 3.44. The summed E-state index contributed by atoms with van der Waals surface area (Å²) >= 11 is 0. The van der Waals surface area contributed by atoms with Crippen LogP contribution in [0.5, 0.6) is 0 Å². The first-order valence-corrected chi connectivity index (χ1v) is 18.8. The second kappa shape index (κ2) is 14.1. The van der Waals surface area contributed by atoms with E-state index in [-0.39, 0.29) is 23.4 Å². The van der Waals surface area contributed by atoms with Crippen LogP contribution in [-0.4, -0.2) is 29.8 Å². The molecule has 0 heterocycles. The van der Waals surface area contributed by atoms with Gasteiger partial charge in [0.05, 0.1) is 11.1 Å². The van der Waals surface area contributed by atoms with Crippen molar-refractivity contribution in [1.29, 1.82) is 0 Å². The van der Waals surface area contributed by atoms with Crippen molar-refractivity contribution in [3.8, 4) is 0 Å². The summed E-state index contributed by atoms with van der Waals surface area (Å²) in [7, 11) is 0. The summed E-state index contributed by atoms with van der Waals surface area (Å²) < 4.78 is 18.0. The van der Waals surface area contributed by atoms with Crippen molar-refractivity contribution in [3.63, 3.8) is 0 Å². The molecular weight excluding hydrogens is 612 g/mol. The molecule has 4 aliphatic rings. The summed E-state index contributed by atoms with van der Waals surface area (Å²) in [6.07, 6.45) is 12.1. The molecule has 0 unspecified atom stereocenters. The van der Waals surface area contributed by atoms with Crippen LogP contribution in [-0.2, 0) is 19.0 Å². The highest BCUT2D eigenvalue weighted by Crippen LogP contribution is 2.68. The van der Waals surface area contributed by atoms with Crippen LogP contribution in [0.3, 0.4) is 0 Å². The first-order valence-electron chi connectivity index (χ1n) is 18.8. The molecule has 3 saturated carbocycles. The molecule has 3 fully saturated rings. The van der Waals surface area contributed by atoms with Crippen LogP contribution in [0.25, 0.3) is 0 Å². The van der Waals surface area contributed by atoms with Crippen LogP contribution in [0.4, 0.5) is 0 Å². The van der Waals surface area contributed by atoms with E-state index in [0.29, 0.717) is 59.0 Å². The predicted octanol–water partition coefficient (Wildman–Crippen LogP) is 9.98. The Balaban J connectivity index is 1.13. The fourth-order valence-electron chi connectivity index (χ4n) is 10.8. The molecule has 0 aliphatic heterocycles. The molecule has 0 N–H and O–H groups in total. The van der Waals surface area contributed by atoms with E-state index in [9.17, 15) is 14.4 Å². The first kappa shape index (κ1) is 35.4. The van der Waals surface area contributed by atoms with Gasteiger partial charge in [-0.05, 0) is 122 Å². The van der Waals surface area contributed by atoms with E-state index in [1.807, 2.05) is 48.5 Å². The highest BCUT2D eigenvalue weighted by Gasteiger charge is 2.61. The van der Waals surface area contributed by atoms with E-state index in [4.69, 9.17) is 14.2 Å². The second-order valence-electron chi connectivity index (χ2n) is 16.5. The molecule has 0 spiro atoms. The van der Waals surface area contributed by atoms with Gasteiger partial charge in [-0.2, -0.15) is 0 Å². The van der Waals surface area contributed by atoms with Gasteiger partial charge in [-0.25, -0.2) is 9.59 Å². The molecule has 2 aromatic rings. The Morgan fingerprint density at radius 2 is 1.43 bits per heavy atom. The molecule has 0 amide bonds. The summed E-state index contributed by atoms with van der Waals surface area (Å²) in [5, 5.41) is 0. The van der Waals surface area contributed by atoms with Gasteiger partial charge >= 0.3 is 17.9 Å². The molecule has 0 aromatic heterocycles. The molecule has 0 saturated heterocycles. The zero-order valence-corrected chi connectivity index (χ0v) is 30.4. The third-order valence-corrected chi connectivity index (χ3v) is 13.4. The molecule has 264 valence electrons. The summed E-state index contributed by atoms with van der Waals surface area (Å²) in [5.74, 6) is 1.01. The number of esters is 3. The number of carbonyl (C=O) groups excluding carboxylic acids is 3. The summed E-state index contributed by atoms with van der Waals surface area (Å²) in [6.45, 7) is 13.1. The van der Waals surface area contributed by atoms with Crippen molar-refractivity contribution in [2.24, 2.45) is 46.3 Å². The topological polar surface area (TPSA) is 78.9 Å². The minimum atomic E-state index is -1.27. The summed E-state index contributed by atoms with van der Waals surface area (Å²) in [6, 6.07) is 18.3. The van der Waals surface area contributed by atoms with Crippen molar-refractivity contribution in [2.45, 2.75) is 118 Å². The fraction of sp³-hybridized carbons (Fsp3) is 0.605. The average molecular weight is 669 g/mol. The lowest BCUT2D eigenvalue weighted by molar-refractivity contribution is -0.221. The number of ether oxygens (including phenoxy) is 3. The maximum Gasteiger partial charge on any atom is 0.341 e. The quantitative estimate of drug-likeness (QED) is 0.142. The molecule has 0 radical (unpaired) electrons. The van der Waals surface area contributed by atoms with E-state index in [1.165, 1.54) is 38.2 Å². The van der Waals surface area contributed by atoms with Crippen LogP contribution >= 0.6 is 0 Å². The van der Waals surface area contributed by atoms with Crippen molar-refractivity contribution < 1.29 is 28.6 Å². The van der Waals surface area contributed by atoms with E-state index >= 15 is 0 Å². The van der Waals surface area contributed by atoms with Crippen LogP contribution in [0.1, 0.15) is 126 Å². The molecule has 49 heavy (non-hydrogen) atoms. The van der Waals surface area contributed by atoms with Gasteiger partial charge in [-0.15, -0.1) is 0 Å². The lowest BCUT2D eigenvalue weighted by atomic mass is 9.46.